The molecule has 0 aromatic heterocycles. The Hall–Kier alpha value is -1.63. The van der Waals surface area contributed by atoms with Gasteiger partial charge in [0.1, 0.15) is 5.82 Å². The van der Waals surface area contributed by atoms with E-state index in [1.165, 1.54) is 0 Å². The Labute approximate surface area is 142 Å². The number of nitrogens with one attached hydrogen (secondary N) is 1. The van der Waals surface area contributed by atoms with Gasteiger partial charge in [0.05, 0.1) is 4.90 Å². The molecule has 132 valence electrons. The molecule has 1 aliphatic carbocycles. The lowest BCUT2D eigenvalue weighted by molar-refractivity contribution is 0.000939. The number of benzene rings is 1. The molecule has 2 fully saturated rings. The molecule has 0 spiro atoms. The summed E-state index contributed by atoms with van der Waals surface area (Å²) in [7, 11) is -4.00. The van der Waals surface area contributed by atoms with Crippen molar-refractivity contribution >= 4 is 16.1 Å². The molecule has 1 aliphatic heterocycles. The number of sulfonamides is 1. The van der Waals surface area contributed by atoms with Gasteiger partial charge in [0.15, 0.2) is 0 Å². The number of fused-ring (bicyclic) bond motifs is 2. The summed E-state index contributed by atoms with van der Waals surface area (Å²) < 4.78 is 39.7. The number of hydrogen-bond donors (Lipinski definition) is 1. The van der Waals surface area contributed by atoms with Crippen LogP contribution >= 0.6 is 0 Å². The van der Waals surface area contributed by atoms with Gasteiger partial charge in [-0.3, -0.25) is 0 Å². The summed E-state index contributed by atoms with van der Waals surface area (Å²) in [6, 6.07) is 3.81. The van der Waals surface area contributed by atoms with Crippen molar-refractivity contribution < 1.29 is 17.6 Å². The number of rotatable bonds is 2. The highest BCUT2D eigenvalue weighted by Crippen LogP contribution is 2.58. The molecule has 2 atom stereocenters. The predicted octanol–water partition coefficient (Wildman–Crippen LogP) is 2.98. The van der Waals surface area contributed by atoms with Gasteiger partial charge in [-0.15, -0.1) is 0 Å². The van der Waals surface area contributed by atoms with Crippen molar-refractivity contribution in [3.63, 3.8) is 0 Å². The van der Waals surface area contributed by atoms with Crippen LogP contribution in [0.25, 0.3) is 0 Å². The molecule has 3 rings (SSSR count). The van der Waals surface area contributed by atoms with Crippen molar-refractivity contribution in [2.75, 3.05) is 13.1 Å². The number of hydrogen-bond acceptors (Lipinski definition) is 3. The SMILES string of the molecule is CC12CCC(CN(C(=O)NS(=O)(=O)c3ccc(F)cc3)C1)C2(C)C. The van der Waals surface area contributed by atoms with E-state index in [-0.39, 0.29) is 15.7 Å². The van der Waals surface area contributed by atoms with Gasteiger partial charge in [-0.1, -0.05) is 20.8 Å². The van der Waals surface area contributed by atoms with Crippen molar-refractivity contribution in [1.82, 2.24) is 9.62 Å². The van der Waals surface area contributed by atoms with Gasteiger partial charge in [-0.2, -0.15) is 0 Å². The average Bonchev–Trinajstić information content (AvgIpc) is 2.64. The van der Waals surface area contributed by atoms with Crippen LogP contribution in [0.4, 0.5) is 9.18 Å². The number of piperidine rings is 1. The zero-order valence-electron chi connectivity index (χ0n) is 14.2. The highest BCUT2D eigenvalue weighted by Gasteiger charge is 2.56. The summed E-state index contributed by atoms with van der Waals surface area (Å²) in [5.41, 5.74) is 0.131. The summed E-state index contributed by atoms with van der Waals surface area (Å²) in [6.07, 6.45) is 2.09. The third-order valence-electron chi connectivity index (χ3n) is 6.23. The molecule has 2 unspecified atom stereocenters. The lowest BCUT2D eigenvalue weighted by Crippen LogP contribution is -2.56. The fourth-order valence-corrected chi connectivity index (χ4v) is 5.00. The number of carbonyl (C=O) groups is 1. The zero-order chi connectivity index (χ0) is 17.8. The van der Waals surface area contributed by atoms with Crippen molar-refractivity contribution in [3.05, 3.63) is 30.1 Å². The molecule has 0 radical (unpaired) electrons. The first-order valence-electron chi connectivity index (χ1n) is 8.12. The Morgan fingerprint density at radius 3 is 2.46 bits per heavy atom. The van der Waals surface area contributed by atoms with E-state index >= 15 is 0 Å². The molecule has 1 saturated carbocycles. The number of urea groups is 1. The van der Waals surface area contributed by atoms with E-state index in [1.54, 1.807) is 4.90 Å². The number of likely N-dealkylation sites (tertiary alicyclic amines) is 1. The van der Waals surface area contributed by atoms with Gasteiger partial charge < -0.3 is 4.90 Å². The van der Waals surface area contributed by atoms with Gasteiger partial charge in [-0.25, -0.2) is 22.3 Å². The molecular weight excluding hydrogens is 331 g/mol. The van der Waals surface area contributed by atoms with Crippen LogP contribution in [0.1, 0.15) is 33.6 Å². The van der Waals surface area contributed by atoms with E-state index < -0.39 is 21.9 Å². The fourth-order valence-electron chi connectivity index (χ4n) is 4.03. The van der Waals surface area contributed by atoms with Crippen LogP contribution < -0.4 is 4.72 Å². The summed E-state index contributed by atoms with van der Waals surface area (Å²) in [4.78, 5) is 14.0. The molecular formula is C17H23FN2O3S. The molecule has 24 heavy (non-hydrogen) atoms. The molecule has 1 saturated heterocycles. The maximum absolute atomic E-state index is 12.9. The molecule has 1 N–H and O–H groups in total. The topological polar surface area (TPSA) is 66.5 Å². The monoisotopic (exact) mass is 354 g/mol. The number of halogens is 1. The molecule has 5 nitrogen and oxygen atoms in total. The smallest absolute Gasteiger partial charge is 0.323 e. The van der Waals surface area contributed by atoms with Gasteiger partial charge in [0, 0.05) is 13.1 Å². The van der Waals surface area contributed by atoms with Crippen LogP contribution in [0.15, 0.2) is 29.2 Å². The normalized spacial score (nSPS) is 28.7. The zero-order valence-corrected chi connectivity index (χ0v) is 15.0. The summed E-state index contributed by atoms with van der Waals surface area (Å²) in [6.45, 7) is 7.74. The van der Waals surface area contributed by atoms with Crippen LogP contribution in [0.2, 0.25) is 0 Å². The molecule has 7 heteroatoms. The maximum Gasteiger partial charge on any atom is 0.331 e. The molecule has 2 bridgehead atoms. The minimum absolute atomic E-state index is 0.00705. The number of nitrogens with zero attached hydrogens (tertiary/aromatic N) is 1. The van der Waals surface area contributed by atoms with E-state index in [0.717, 1.165) is 37.1 Å². The van der Waals surface area contributed by atoms with Crippen LogP contribution in [-0.4, -0.2) is 32.4 Å². The second-order valence-electron chi connectivity index (χ2n) is 7.76. The van der Waals surface area contributed by atoms with Crippen molar-refractivity contribution in [2.24, 2.45) is 16.7 Å². The highest BCUT2D eigenvalue weighted by atomic mass is 32.2. The molecule has 1 heterocycles. The predicted molar refractivity (Wildman–Crippen MR) is 88.3 cm³/mol. The van der Waals surface area contributed by atoms with Crippen molar-refractivity contribution in [3.8, 4) is 0 Å². The second-order valence-corrected chi connectivity index (χ2v) is 9.45. The lowest BCUT2D eigenvalue weighted by atomic mass is 9.63. The Kier molecular flexibility index (Phi) is 3.90. The first kappa shape index (κ1) is 17.2. The summed E-state index contributed by atoms with van der Waals surface area (Å²) in [5, 5.41) is 0. The summed E-state index contributed by atoms with van der Waals surface area (Å²) >= 11 is 0. The van der Waals surface area contributed by atoms with Crippen LogP contribution in [0.3, 0.4) is 0 Å². The third kappa shape index (κ3) is 2.68. The largest absolute Gasteiger partial charge is 0.331 e. The van der Waals surface area contributed by atoms with Crippen LogP contribution in [0, 0.1) is 22.6 Å². The first-order chi connectivity index (χ1) is 11.1. The molecule has 2 aliphatic rings. The number of carbonyl (C=O) groups excluding carboxylic acids is 1. The lowest BCUT2D eigenvalue weighted by Gasteiger charge is -2.50. The van der Waals surface area contributed by atoms with Crippen LogP contribution in [0.5, 0.6) is 0 Å². The van der Waals surface area contributed by atoms with E-state index in [2.05, 4.69) is 25.5 Å². The van der Waals surface area contributed by atoms with Gasteiger partial charge in [0.2, 0.25) is 0 Å². The van der Waals surface area contributed by atoms with Gasteiger partial charge >= 0.3 is 6.03 Å². The highest BCUT2D eigenvalue weighted by molar-refractivity contribution is 7.90. The standard InChI is InChI=1S/C17H23FN2O3S/c1-16(2)12-8-9-17(16,3)11-20(10-12)15(21)19-24(22,23)14-6-4-13(18)5-7-14/h4-7,12H,8-11H2,1-3H3,(H,19,21). The Bertz CT molecular complexity index is 761. The van der Waals surface area contributed by atoms with E-state index in [4.69, 9.17) is 0 Å². The van der Waals surface area contributed by atoms with Crippen molar-refractivity contribution in [2.45, 2.75) is 38.5 Å². The summed E-state index contributed by atoms with van der Waals surface area (Å²) in [5.74, 6) is -0.154. The van der Waals surface area contributed by atoms with Crippen molar-refractivity contribution in [1.29, 1.82) is 0 Å². The van der Waals surface area contributed by atoms with E-state index in [1.807, 2.05) is 0 Å². The van der Waals surface area contributed by atoms with Crippen LogP contribution in [-0.2, 0) is 10.0 Å². The Balaban J connectivity index is 1.75. The van der Waals surface area contributed by atoms with E-state index in [0.29, 0.717) is 19.0 Å². The third-order valence-corrected chi connectivity index (χ3v) is 7.57. The Morgan fingerprint density at radius 2 is 1.88 bits per heavy atom. The molecule has 1 aromatic rings. The fraction of sp³-hybridized carbons (Fsp3) is 0.588. The quantitative estimate of drug-likeness (QED) is 0.888. The minimum Gasteiger partial charge on any atom is -0.323 e. The van der Waals surface area contributed by atoms with Gasteiger partial charge in [0.25, 0.3) is 10.0 Å². The first-order valence-corrected chi connectivity index (χ1v) is 9.61. The minimum atomic E-state index is -4.00. The molecule has 2 amide bonds. The second kappa shape index (κ2) is 5.44. The van der Waals surface area contributed by atoms with E-state index in [9.17, 15) is 17.6 Å². The Morgan fingerprint density at radius 1 is 1.25 bits per heavy atom. The molecule has 1 aromatic carbocycles. The average molecular weight is 354 g/mol. The number of amides is 2. The maximum atomic E-state index is 12.9. The van der Waals surface area contributed by atoms with Gasteiger partial charge in [-0.05, 0) is 53.9 Å².